The summed E-state index contributed by atoms with van der Waals surface area (Å²) < 4.78 is 39.0. The Bertz CT molecular complexity index is 747. The lowest BCUT2D eigenvalue weighted by Crippen LogP contribution is -2.33. The first-order valence-corrected chi connectivity index (χ1v) is 8.75. The highest BCUT2D eigenvalue weighted by molar-refractivity contribution is 5.46. The van der Waals surface area contributed by atoms with Gasteiger partial charge < -0.3 is 14.8 Å². The Kier molecular flexibility index (Phi) is 6.06. The topological polar surface area (TPSA) is 33.7 Å². The monoisotopic (exact) mass is 362 g/mol. The van der Waals surface area contributed by atoms with E-state index in [0.717, 1.165) is 44.2 Å². The van der Waals surface area contributed by atoms with E-state index in [-0.39, 0.29) is 6.04 Å². The number of rotatable bonds is 5. The first-order valence-electron chi connectivity index (χ1n) is 8.75. The summed E-state index contributed by atoms with van der Waals surface area (Å²) in [6.45, 7) is 3.31. The van der Waals surface area contributed by atoms with Crippen LogP contribution in [0, 0.1) is 11.6 Å². The van der Waals surface area contributed by atoms with Gasteiger partial charge in [-0.15, -0.1) is 0 Å². The Morgan fingerprint density at radius 3 is 2.50 bits per heavy atom. The maximum Gasteiger partial charge on any atom is 0.131 e. The van der Waals surface area contributed by atoms with Crippen molar-refractivity contribution in [3.05, 3.63) is 59.2 Å². The SMILES string of the molecule is COc1ccc(C(c2ccc(F)cc2F)N2CCCNCC2)c(OC)c1. The molecule has 0 bridgehead atoms. The lowest BCUT2D eigenvalue weighted by Gasteiger charge is -2.32. The first kappa shape index (κ1) is 18.6. The van der Waals surface area contributed by atoms with Crippen molar-refractivity contribution >= 4 is 0 Å². The van der Waals surface area contributed by atoms with Crippen LogP contribution in [0.4, 0.5) is 8.78 Å². The van der Waals surface area contributed by atoms with Crippen LogP contribution in [0.25, 0.3) is 0 Å². The van der Waals surface area contributed by atoms with Gasteiger partial charge in [-0.2, -0.15) is 0 Å². The molecule has 3 rings (SSSR count). The zero-order chi connectivity index (χ0) is 18.5. The van der Waals surface area contributed by atoms with E-state index in [2.05, 4.69) is 10.2 Å². The van der Waals surface area contributed by atoms with Gasteiger partial charge in [0, 0.05) is 42.9 Å². The molecule has 0 amide bonds. The maximum atomic E-state index is 14.7. The second kappa shape index (κ2) is 8.47. The molecule has 1 aliphatic heterocycles. The summed E-state index contributed by atoms with van der Waals surface area (Å²) in [6.07, 6.45) is 0.956. The summed E-state index contributed by atoms with van der Waals surface area (Å²) in [5.74, 6) is 0.158. The standard InChI is InChI=1S/C20H24F2N2O2/c1-25-15-5-7-17(19(13-15)26-2)20(24-10-3-8-23-9-11-24)16-6-4-14(21)12-18(16)22/h4-7,12-13,20,23H,3,8-11H2,1-2H3. The van der Waals surface area contributed by atoms with E-state index in [1.807, 2.05) is 12.1 Å². The van der Waals surface area contributed by atoms with Crippen LogP contribution in [0.2, 0.25) is 0 Å². The number of halogens is 2. The molecule has 1 heterocycles. The van der Waals surface area contributed by atoms with E-state index in [1.165, 1.54) is 12.1 Å². The Hall–Kier alpha value is -2.18. The normalized spacial score (nSPS) is 16.8. The van der Waals surface area contributed by atoms with Gasteiger partial charge in [0.05, 0.1) is 20.3 Å². The highest BCUT2D eigenvalue weighted by atomic mass is 19.1. The van der Waals surface area contributed by atoms with Crippen LogP contribution in [0.3, 0.4) is 0 Å². The number of hydrogen-bond acceptors (Lipinski definition) is 4. The number of nitrogens with one attached hydrogen (secondary N) is 1. The Balaban J connectivity index is 2.11. The molecular formula is C20H24F2N2O2. The third-order valence-corrected chi connectivity index (χ3v) is 4.73. The van der Waals surface area contributed by atoms with Crippen molar-refractivity contribution < 1.29 is 18.3 Å². The molecule has 0 saturated carbocycles. The average molecular weight is 362 g/mol. The van der Waals surface area contributed by atoms with E-state index >= 15 is 0 Å². The molecule has 1 unspecified atom stereocenters. The molecule has 26 heavy (non-hydrogen) atoms. The molecule has 4 nitrogen and oxygen atoms in total. The minimum Gasteiger partial charge on any atom is -0.497 e. The van der Waals surface area contributed by atoms with Crippen LogP contribution in [0.15, 0.2) is 36.4 Å². The lowest BCUT2D eigenvalue weighted by atomic mass is 9.95. The number of nitrogens with zero attached hydrogens (tertiary/aromatic N) is 1. The molecule has 1 atom stereocenters. The van der Waals surface area contributed by atoms with Crippen LogP contribution in [-0.4, -0.2) is 45.3 Å². The van der Waals surface area contributed by atoms with Crippen LogP contribution in [-0.2, 0) is 0 Å². The average Bonchev–Trinajstić information content (AvgIpc) is 2.93. The van der Waals surface area contributed by atoms with Gasteiger partial charge in [0.2, 0.25) is 0 Å². The van der Waals surface area contributed by atoms with E-state index in [0.29, 0.717) is 17.1 Å². The summed E-state index contributed by atoms with van der Waals surface area (Å²) in [7, 11) is 3.17. The molecule has 0 spiro atoms. The summed E-state index contributed by atoms with van der Waals surface area (Å²) >= 11 is 0. The number of methoxy groups -OCH3 is 2. The summed E-state index contributed by atoms with van der Waals surface area (Å²) in [6, 6.07) is 8.92. The predicted molar refractivity (Wildman–Crippen MR) is 96.8 cm³/mol. The summed E-state index contributed by atoms with van der Waals surface area (Å²) in [4.78, 5) is 2.21. The van der Waals surface area contributed by atoms with Gasteiger partial charge in [-0.3, -0.25) is 4.90 Å². The van der Waals surface area contributed by atoms with E-state index in [4.69, 9.17) is 9.47 Å². The number of benzene rings is 2. The minimum atomic E-state index is -0.579. The van der Waals surface area contributed by atoms with Gasteiger partial charge in [-0.1, -0.05) is 6.07 Å². The zero-order valence-corrected chi connectivity index (χ0v) is 15.1. The van der Waals surface area contributed by atoms with Crippen LogP contribution < -0.4 is 14.8 Å². The van der Waals surface area contributed by atoms with Crippen LogP contribution in [0.5, 0.6) is 11.5 Å². The van der Waals surface area contributed by atoms with Crippen molar-refractivity contribution in [3.63, 3.8) is 0 Å². The van der Waals surface area contributed by atoms with Crippen LogP contribution in [0.1, 0.15) is 23.6 Å². The highest BCUT2D eigenvalue weighted by Gasteiger charge is 2.28. The first-order chi connectivity index (χ1) is 12.6. The maximum absolute atomic E-state index is 14.7. The minimum absolute atomic E-state index is 0.364. The van der Waals surface area contributed by atoms with Crippen molar-refractivity contribution in [2.24, 2.45) is 0 Å². The molecule has 140 valence electrons. The molecule has 0 radical (unpaired) electrons. The molecule has 1 saturated heterocycles. The van der Waals surface area contributed by atoms with Gasteiger partial charge >= 0.3 is 0 Å². The molecule has 2 aromatic carbocycles. The van der Waals surface area contributed by atoms with Gasteiger partial charge in [0.1, 0.15) is 23.1 Å². The van der Waals surface area contributed by atoms with Crippen LogP contribution >= 0.6 is 0 Å². The Labute approximate surface area is 152 Å². The van der Waals surface area contributed by atoms with Gasteiger partial charge in [-0.25, -0.2) is 8.78 Å². The fourth-order valence-corrected chi connectivity index (χ4v) is 3.45. The van der Waals surface area contributed by atoms with Crippen molar-refractivity contribution in [3.8, 4) is 11.5 Å². The molecule has 6 heteroatoms. The summed E-state index contributed by atoms with van der Waals surface area (Å²) in [5, 5.41) is 3.36. The second-order valence-corrected chi connectivity index (χ2v) is 6.32. The second-order valence-electron chi connectivity index (χ2n) is 6.32. The number of ether oxygens (including phenoxy) is 2. The fraction of sp³-hybridized carbons (Fsp3) is 0.400. The van der Waals surface area contributed by atoms with E-state index < -0.39 is 11.6 Å². The molecule has 0 aromatic heterocycles. The largest absolute Gasteiger partial charge is 0.497 e. The van der Waals surface area contributed by atoms with Crippen molar-refractivity contribution in [1.29, 1.82) is 0 Å². The predicted octanol–water partition coefficient (Wildman–Crippen LogP) is 3.37. The van der Waals surface area contributed by atoms with Crippen molar-refractivity contribution in [2.75, 3.05) is 40.4 Å². The molecular weight excluding hydrogens is 338 g/mol. The van der Waals surface area contributed by atoms with Crippen molar-refractivity contribution in [2.45, 2.75) is 12.5 Å². The molecule has 0 aliphatic carbocycles. The highest BCUT2D eigenvalue weighted by Crippen LogP contribution is 2.38. The smallest absolute Gasteiger partial charge is 0.131 e. The lowest BCUT2D eigenvalue weighted by molar-refractivity contribution is 0.231. The van der Waals surface area contributed by atoms with E-state index in [1.54, 1.807) is 20.3 Å². The van der Waals surface area contributed by atoms with E-state index in [9.17, 15) is 8.78 Å². The molecule has 1 N–H and O–H groups in total. The third-order valence-electron chi connectivity index (χ3n) is 4.73. The van der Waals surface area contributed by atoms with Gasteiger partial charge in [0.15, 0.2) is 0 Å². The Morgan fingerprint density at radius 2 is 1.77 bits per heavy atom. The molecule has 1 fully saturated rings. The van der Waals surface area contributed by atoms with Crippen molar-refractivity contribution in [1.82, 2.24) is 10.2 Å². The zero-order valence-electron chi connectivity index (χ0n) is 15.1. The Morgan fingerprint density at radius 1 is 0.962 bits per heavy atom. The third kappa shape index (κ3) is 3.97. The van der Waals surface area contributed by atoms with Gasteiger partial charge in [0.25, 0.3) is 0 Å². The summed E-state index contributed by atoms with van der Waals surface area (Å²) in [5.41, 5.74) is 1.28. The fourth-order valence-electron chi connectivity index (χ4n) is 3.45. The van der Waals surface area contributed by atoms with Gasteiger partial charge in [-0.05, 0) is 31.2 Å². The molecule has 1 aliphatic rings. The molecule has 2 aromatic rings. The number of hydrogen-bond donors (Lipinski definition) is 1. The quantitative estimate of drug-likeness (QED) is 0.884.